The lowest BCUT2D eigenvalue weighted by molar-refractivity contribution is -0.209. The molecule has 0 radical (unpaired) electrons. The fourth-order valence-electron chi connectivity index (χ4n) is 2.91. The molecule has 0 aliphatic carbocycles. The summed E-state index contributed by atoms with van der Waals surface area (Å²) < 4.78 is 72.3. The molecular weight excluding hydrogens is 417 g/mol. The van der Waals surface area contributed by atoms with Crippen molar-refractivity contribution in [1.82, 2.24) is 9.97 Å². The molecule has 1 aliphatic rings. The van der Waals surface area contributed by atoms with Crippen LogP contribution < -0.4 is 16.6 Å². The summed E-state index contributed by atoms with van der Waals surface area (Å²) in [6.07, 6.45) is -6.54. The van der Waals surface area contributed by atoms with E-state index in [0.29, 0.717) is 0 Å². The predicted octanol–water partition coefficient (Wildman–Crippen LogP) is 1.99. The second kappa shape index (κ2) is 7.72. The van der Waals surface area contributed by atoms with Crippen LogP contribution in [0.4, 0.5) is 27.6 Å². The van der Waals surface area contributed by atoms with Gasteiger partial charge in [-0.1, -0.05) is 0 Å². The maximum atomic E-state index is 14.5. The summed E-state index contributed by atoms with van der Waals surface area (Å²) in [6, 6.07) is 1.97. The number of amides is 1. The third-order valence-corrected chi connectivity index (χ3v) is 4.33. The van der Waals surface area contributed by atoms with Gasteiger partial charge in [0.25, 0.3) is 17.5 Å². The number of alkyl halides is 4. The molecule has 1 amide bonds. The molecule has 0 saturated heterocycles. The van der Waals surface area contributed by atoms with Gasteiger partial charge < -0.3 is 20.8 Å². The Morgan fingerprint density at radius 3 is 2.73 bits per heavy atom. The van der Waals surface area contributed by atoms with E-state index >= 15 is 0 Å². The van der Waals surface area contributed by atoms with E-state index in [4.69, 9.17) is 5.73 Å². The summed E-state index contributed by atoms with van der Waals surface area (Å²) in [5.41, 5.74) is 1.65. The second-order valence-electron chi connectivity index (χ2n) is 6.41. The highest BCUT2D eigenvalue weighted by molar-refractivity contribution is 6.02. The van der Waals surface area contributed by atoms with Crippen LogP contribution in [0.3, 0.4) is 0 Å². The predicted molar refractivity (Wildman–Crippen MR) is 94.0 cm³/mol. The Kier molecular flexibility index (Phi) is 5.46. The van der Waals surface area contributed by atoms with E-state index in [9.17, 15) is 31.5 Å². The number of carbonyl (C=O) groups excluding carboxylic acids is 1. The Morgan fingerprint density at radius 1 is 1.40 bits per heavy atom. The molecule has 0 spiro atoms. The fourth-order valence-corrected chi connectivity index (χ4v) is 2.91. The number of carbonyl (C=O) groups is 1. The molecule has 160 valence electrons. The normalized spacial score (nSPS) is 21.5. The molecule has 0 saturated carbocycles. The molecule has 2 heterocycles. The van der Waals surface area contributed by atoms with Crippen molar-refractivity contribution >= 4 is 17.6 Å². The summed E-state index contributed by atoms with van der Waals surface area (Å²) in [4.78, 5) is 32.7. The van der Waals surface area contributed by atoms with Gasteiger partial charge in [0.1, 0.15) is 23.7 Å². The zero-order chi connectivity index (χ0) is 22.1. The smallest absolute Gasteiger partial charge is 0.425 e. The van der Waals surface area contributed by atoms with E-state index in [0.717, 1.165) is 30.6 Å². The molecule has 1 aromatic heterocycles. The number of benzene rings is 1. The Morgan fingerprint density at radius 2 is 2.13 bits per heavy atom. The number of hydrogen-bond acceptors (Lipinski definition) is 6. The van der Waals surface area contributed by atoms with Gasteiger partial charge in [-0.05, 0) is 18.2 Å². The Balaban J connectivity index is 1.97. The number of amidine groups is 1. The minimum Gasteiger partial charge on any atom is -0.452 e. The maximum absolute atomic E-state index is 14.5. The van der Waals surface area contributed by atoms with Crippen molar-refractivity contribution in [2.75, 3.05) is 12.0 Å². The number of nitrogens with two attached hydrogens (primary N) is 1. The highest BCUT2D eigenvalue weighted by Crippen LogP contribution is 2.42. The number of hydrogen-bond donors (Lipinski definition) is 3. The van der Waals surface area contributed by atoms with Crippen molar-refractivity contribution in [1.29, 1.82) is 0 Å². The number of aliphatic imine (C=N–C) groups is 1. The number of ether oxygens (including phenoxy) is 1. The molecule has 0 fully saturated rings. The quantitative estimate of drug-likeness (QED) is 0.639. The molecule has 4 N–H and O–H groups in total. The third kappa shape index (κ3) is 4.23. The Bertz CT molecular complexity index is 1030. The van der Waals surface area contributed by atoms with Gasteiger partial charge in [0.05, 0.1) is 6.20 Å². The van der Waals surface area contributed by atoms with Crippen molar-refractivity contribution < 1.29 is 31.5 Å². The minimum atomic E-state index is -4.89. The summed E-state index contributed by atoms with van der Waals surface area (Å²) in [6.45, 7) is -1.50. The van der Waals surface area contributed by atoms with E-state index < -0.39 is 59.8 Å². The maximum Gasteiger partial charge on any atom is 0.425 e. The number of aromatic nitrogens is 2. The number of anilines is 1. The summed E-state index contributed by atoms with van der Waals surface area (Å²) >= 11 is 0. The SMILES string of the molecule is NC1=N[C@](CF)(c2cc(NC(=O)c3c[nH]c(=O)cn3)ccc2F)C[C@@H](C(F)(F)F)O1. The number of nitrogens with one attached hydrogen (secondary N) is 2. The van der Waals surface area contributed by atoms with Gasteiger partial charge in [0, 0.05) is 23.9 Å². The number of H-pyrrole nitrogens is 1. The van der Waals surface area contributed by atoms with E-state index in [1.165, 1.54) is 0 Å². The van der Waals surface area contributed by atoms with E-state index in [-0.39, 0.29) is 11.4 Å². The van der Waals surface area contributed by atoms with Crippen LogP contribution in [0.5, 0.6) is 0 Å². The molecule has 0 bridgehead atoms. The van der Waals surface area contributed by atoms with Crippen LogP contribution in [-0.2, 0) is 10.3 Å². The number of aromatic amines is 1. The zero-order valence-corrected chi connectivity index (χ0v) is 15.0. The molecule has 1 aliphatic heterocycles. The zero-order valence-electron chi connectivity index (χ0n) is 15.0. The van der Waals surface area contributed by atoms with Crippen molar-refractivity contribution in [3.63, 3.8) is 0 Å². The standard InChI is InChI=1S/C17H14F5N5O3/c18-7-16(4-12(17(20,21)22)30-15(23)27-16)9-3-8(1-2-10(9)19)26-14(29)11-5-25-13(28)6-24-11/h1-3,5-6,12H,4,7H2,(H2,23,27)(H,25,28)(H,26,29)/t12-,16+/m0/s1. The lowest BCUT2D eigenvalue weighted by atomic mass is 9.84. The molecule has 2 atom stereocenters. The first-order valence-electron chi connectivity index (χ1n) is 8.35. The van der Waals surface area contributed by atoms with Crippen molar-refractivity contribution in [2.45, 2.75) is 24.2 Å². The van der Waals surface area contributed by atoms with Crippen LogP contribution in [0.1, 0.15) is 22.5 Å². The van der Waals surface area contributed by atoms with Crippen LogP contribution in [0, 0.1) is 5.82 Å². The average molecular weight is 431 g/mol. The first kappa shape index (κ1) is 21.2. The van der Waals surface area contributed by atoms with E-state index in [1.807, 2.05) is 0 Å². The Hall–Kier alpha value is -3.51. The summed E-state index contributed by atoms with van der Waals surface area (Å²) in [5.74, 6) is -1.85. The van der Waals surface area contributed by atoms with Crippen LogP contribution in [0.25, 0.3) is 0 Å². The van der Waals surface area contributed by atoms with Gasteiger partial charge >= 0.3 is 6.18 Å². The molecule has 2 aromatic rings. The monoisotopic (exact) mass is 431 g/mol. The van der Waals surface area contributed by atoms with Gasteiger partial charge in [0.15, 0.2) is 6.10 Å². The lowest BCUT2D eigenvalue weighted by Gasteiger charge is -2.36. The third-order valence-electron chi connectivity index (χ3n) is 4.33. The molecule has 3 rings (SSSR count). The Labute approximate surface area is 165 Å². The molecular formula is C17H14F5N5O3. The second-order valence-corrected chi connectivity index (χ2v) is 6.41. The van der Waals surface area contributed by atoms with Crippen molar-refractivity contribution in [3.8, 4) is 0 Å². The van der Waals surface area contributed by atoms with Crippen molar-refractivity contribution in [3.05, 3.63) is 58.0 Å². The highest BCUT2D eigenvalue weighted by atomic mass is 19.4. The first-order chi connectivity index (χ1) is 14.0. The van der Waals surface area contributed by atoms with Crippen molar-refractivity contribution in [2.24, 2.45) is 10.7 Å². The minimum absolute atomic E-state index is 0.0685. The fraction of sp³-hybridized carbons (Fsp3) is 0.294. The largest absolute Gasteiger partial charge is 0.452 e. The number of halogens is 5. The lowest BCUT2D eigenvalue weighted by Crippen LogP contribution is -2.48. The van der Waals surface area contributed by atoms with E-state index in [2.05, 4.69) is 25.0 Å². The average Bonchev–Trinajstić information content (AvgIpc) is 2.68. The summed E-state index contributed by atoms with van der Waals surface area (Å²) in [7, 11) is 0. The van der Waals surface area contributed by atoms with Crippen LogP contribution in [-0.4, -0.2) is 40.9 Å². The van der Waals surface area contributed by atoms with Crippen LogP contribution in [0.2, 0.25) is 0 Å². The molecule has 30 heavy (non-hydrogen) atoms. The van der Waals surface area contributed by atoms with E-state index in [1.54, 1.807) is 0 Å². The first-order valence-corrected chi connectivity index (χ1v) is 8.35. The van der Waals surface area contributed by atoms with Gasteiger partial charge in [-0.3, -0.25) is 9.59 Å². The van der Waals surface area contributed by atoms with Gasteiger partial charge in [-0.25, -0.2) is 18.8 Å². The van der Waals surface area contributed by atoms with Crippen LogP contribution >= 0.6 is 0 Å². The molecule has 0 unspecified atom stereocenters. The molecule has 13 heteroatoms. The van der Waals surface area contributed by atoms with Gasteiger partial charge in [0.2, 0.25) is 0 Å². The number of rotatable bonds is 4. The summed E-state index contributed by atoms with van der Waals surface area (Å²) in [5, 5.41) is 2.33. The van der Waals surface area contributed by atoms with Gasteiger partial charge in [-0.2, -0.15) is 13.2 Å². The van der Waals surface area contributed by atoms with Crippen LogP contribution in [0.15, 0.2) is 40.4 Å². The number of nitrogens with zero attached hydrogens (tertiary/aromatic N) is 2. The molecule has 8 nitrogen and oxygen atoms in total. The van der Waals surface area contributed by atoms with Gasteiger partial charge in [-0.15, -0.1) is 0 Å². The highest BCUT2D eigenvalue weighted by Gasteiger charge is 2.52. The topological polar surface area (TPSA) is 122 Å². The molecule has 1 aromatic carbocycles.